The maximum absolute atomic E-state index is 12.4. The number of aliphatic carboxylic acids is 1. The number of benzene rings is 2. The first-order valence-electron chi connectivity index (χ1n) is 10.1. The molecule has 1 amide bonds. The Balaban J connectivity index is 1.43. The van der Waals surface area contributed by atoms with Crippen molar-refractivity contribution in [3.05, 3.63) is 59.7 Å². The lowest BCUT2D eigenvalue weighted by atomic mass is 9.82. The van der Waals surface area contributed by atoms with E-state index in [-0.39, 0.29) is 18.4 Å². The zero-order valence-corrected chi connectivity index (χ0v) is 16.1. The molecule has 2 aromatic rings. The van der Waals surface area contributed by atoms with Crippen LogP contribution >= 0.6 is 0 Å². The van der Waals surface area contributed by atoms with Crippen LogP contribution < -0.4 is 5.32 Å². The molecule has 6 heteroatoms. The summed E-state index contributed by atoms with van der Waals surface area (Å²) >= 11 is 0. The number of carbonyl (C=O) groups is 2. The van der Waals surface area contributed by atoms with Gasteiger partial charge in [-0.15, -0.1) is 0 Å². The smallest absolute Gasteiger partial charge is 0.407 e. The summed E-state index contributed by atoms with van der Waals surface area (Å²) in [5.74, 6) is -1.47. The number of carboxylic acids is 1. The second-order valence-corrected chi connectivity index (χ2v) is 7.87. The van der Waals surface area contributed by atoms with E-state index in [1.807, 2.05) is 36.4 Å². The van der Waals surface area contributed by atoms with Gasteiger partial charge in [0.1, 0.15) is 12.6 Å². The molecule has 0 bridgehead atoms. The van der Waals surface area contributed by atoms with Gasteiger partial charge in [0.25, 0.3) is 0 Å². The Hall–Kier alpha value is -2.86. The number of fused-ring (bicyclic) bond motifs is 3. The number of nitrogens with one attached hydrogen (secondary N) is 1. The molecule has 0 saturated heterocycles. The highest BCUT2D eigenvalue weighted by Crippen LogP contribution is 2.44. The number of aliphatic hydroxyl groups excluding tert-OH is 1. The second kappa shape index (κ2) is 8.25. The summed E-state index contributed by atoms with van der Waals surface area (Å²) in [5.41, 5.74) is 4.48. The van der Waals surface area contributed by atoms with Crippen molar-refractivity contribution in [3.63, 3.8) is 0 Å². The fraction of sp³-hybridized carbons (Fsp3) is 0.391. The number of rotatable bonds is 5. The first-order chi connectivity index (χ1) is 14.0. The van der Waals surface area contributed by atoms with Crippen molar-refractivity contribution in [1.82, 2.24) is 5.32 Å². The highest BCUT2D eigenvalue weighted by Gasteiger charge is 2.34. The summed E-state index contributed by atoms with van der Waals surface area (Å²) < 4.78 is 5.46. The third kappa shape index (κ3) is 3.98. The number of aliphatic hydroxyl groups is 1. The highest BCUT2D eigenvalue weighted by molar-refractivity contribution is 5.81. The van der Waals surface area contributed by atoms with Crippen LogP contribution in [0.3, 0.4) is 0 Å². The molecule has 0 radical (unpaired) electrons. The molecule has 2 aromatic carbocycles. The van der Waals surface area contributed by atoms with Crippen molar-refractivity contribution >= 4 is 12.1 Å². The standard InChI is InChI=1S/C23H25NO5/c25-15-7-5-6-14(12-15)21(22(26)27)24-23(28)29-13-20-18-10-3-1-8-16(18)17-9-2-4-11-19(17)20/h1-4,8-11,14-15,20-21,25H,5-7,12-13H2,(H,24,28)(H,26,27)/t14-,15?,21-/m0/s1. The molecular weight excluding hydrogens is 370 g/mol. The third-order valence-electron chi connectivity index (χ3n) is 6.04. The molecule has 3 atom stereocenters. The van der Waals surface area contributed by atoms with Crippen LogP contribution in [0.15, 0.2) is 48.5 Å². The van der Waals surface area contributed by atoms with Crippen molar-refractivity contribution in [2.45, 2.75) is 43.7 Å². The number of alkyl carbamates (subject to hydrolysis) is 1. The number of carboxylic acid groups (broad SMARTS) is 1. The van der Waals surface area contributed by atoms with Gasteiger partial charge in [-0.3, -0.25) is 0 Å². The van der Waals surface area contributed by atoms with E-state index in [0.717, 1.165) is 28.7 Å². The molecule has 0 heterocycles. The van der Waals surface area contributed by atoms with Crippen LogP contribution in [0.1, 0.15) is 42.7 Å². The van der Waals surface area contributed by atoms with Gasteiger partial charge in [0.15, 0.2) is 0 Å². The zero-order chi connectivity index (χ0) is 20.4. The van der Waals surface area contributed by atoms with E-state index < -0.39 is 24.2 Å². The number of carbonyl (C=O) groups excluding carboxylic acids is 1. The van der Waals surface area contributed by atoms with Crippen molar-refractivity contribution in [2.75, 3.05) is 6.61 Å². The summed E-state index contributed by atoms with van der Waals surface area (Å²) in [6.45, 7) is 0.138. The maximum Gasteiger partial charge on any atom is 0.407 e. The molecular formula is C23H25NO5. The summed E-state index contributed by atoms with van der Waals surface area (Å²) in [5, 5.41) is 21.9. The quantitative estimate of drug-likeness (QED) is 0.720. The lowest BCUT2D eigenvalue weighted by molar-refractivity contribution is -0.141. The second-order valence-electron chi connectivity index (χ2n) is 7.87. The molecule has 0 spiro atoms. The number of hydrogen-bond acceptors (Lipinski definition) is 4. The van der Waals surface area contributed by atoms with Gasteiger partial charge in [-0.05, 0) is 47.4 Å². The normalized spacial score (nSPS) is 21.7. The molecule has 152 valence electrons. The summed E-state index contributed by atoms with van der Waals surface area (Å²) in [4.78, 5) is 24.1. The Morgan fingerprint density at radius 2 is 1.66 bits per heavy atom. The molecule has 6 nitrogen and oxygen atoms in total. The van der Waals surface area contributed by atoms with Crippen LogP contribution in [0.2, 0.25) is 0 Å². The topological polar surface area (TPSA) is 95.9 Å². The SMILES string of the molecule is O=C(N[C@H](C(=O)O)[C@H]1CCCC(O)C1)OCC1c2ccccc2-c2ccccc21. The van der Waals surface area contributed by atoms with Crippen LogP contribution in [0.25, 0.3) is 11.1 Å². The molecule has 1 unspecified atom stereocenters. The average molecular weight is 395 g/mol. The number of ether oxygens (including phenoxy) is 1. The Labute approximate surface area is 169 Å². The van der Waals surface area contributed by atoms with E-state index in [4.69, 9.17) is 4.74 Å². The first kappa shape index (κ1) is 19.5. The Bertz CT molecular complexity index is 866. The average Bonchev–Trinajstić information content (AvgIpc) is 3.04. The van der Waals surface area contributed by atoms with Gasteiger partial charge in [-0.1, -0.05) is 55.0 Å². The molecule has 2 aliphatic rings. The molecule has 1 fully saturated rings. The van der Waals surface area contributed by atoms with Crippen LogP contribution in [-0.4, -0.2) is 41.0 Å². The number of amides is 1. The highest BCUT2D eigenvalue weighted by atomic mass is 16.5. The molecule has 1 saturated carbocycles. The predicted molar refractivity (Wildman–Crippen MR) is 108 cm³/mol. The summed E-state index contributed by atoms with van der Waals surface area (Å²) in [6.07, 6.45) is 1.22. The molecule has 0 aromatic heterocycles. The minimum atomic E-state index is -1.10. The van der Waals surface area contributed by atoms with Gasteiger partial charge in [0.05, 0.1) is 6.10 Å². The van der Waals surface area contributed by atoms with Gasteiger partial charge in [0, 0.05) is 5.92 Å². The molecule has 0 aliphatic heterocycles. The van der Waals surface area contributed by atoms with E-state index in [9.17, 15) is 19.8 Å². The zero-order valence-electron chi connectivity index (χ0n) is 16.1. The third-order valence-corrected chi connectivity index (χ3v) is 6.04. The van der Waals surface area contributed by atoms with Gasteiger partial charge in [-0.2, -0.15) is 0 Å². The van der Waals surface area contributed by atoms with Gasteiger partial charge in [-0.25, -0.2) is 9.59 Å². The molecule has 2 aliphatic carbocycles. The van der Waals surface area contributed by atoms with E-state index in [2.05, 4.69) is 17.4 Å². The monoisotopic (exact) mass is 395 g/mol. The minimum absolute atomic E-state index is 0.0760. The lowest BCUT2D eigenvalue weighted by Crippen LogP contribution is -2.48. The predicted octanol–water partition coefficient (Wildman–Crippen LogP) is 3.53. The fourth-order valence-corrected chi connectivity index (χ4v) is 4.65. The van der Waals surface area contributed by atoms with Crippen molar-refractivity contribution in [2.24, 2.45) is 5.92 Å². The van der Waals surface area contributed by atoms with Crippen LogP contribution in [0.4, 0.5) is 4.79 Å². The van der Waals surface area contributed by atoms with Crippen molar-refractivity contribution in [3.8, 4) is 11.1 Å². The largest absolute Gasteiger partial charge is 0.480 e. The van der Waals surface area contributed by atoms with E-state index in [1.165, 1.54) is 0 Å². The van der Waals surface area contributed by atoms with Crippen LogP contribution in [0.5, 0.6) is 0 Å². The number of hydrogen-bond donors (Lipinski definition) is 3. The lowest BCUT2D eigenvalue weighted by Gasteiger charge is -2.30. The van der Waals surface area contributed by atoms with Crippen molar-refractivity contribution in [1.29, 1.82) is 0 Å². The summed E-state index contributed by atoms with van der Waals surface area (Å²) in [6, 6.07) is 15.0. The van der Waals surface area contributed by atoms with Gasteiger partial charge in [0.2, 0.25) is 0 Å². The first-order valence-corrected chi connectivity index (χ1v) is 10.1. The van der Waals surface area contributed by atoms with E-state index in [0.29, 0.717) is 19.3 Å². The molecule has 4 rings (SSSR count). The molecule has 29 heavy (non-hydrogen) atoms. The van der Waals surface area contributed by atoms with Crippen LogP contribution in [-0.2, 0) is 9.53 Å². The van der Waals surface area contributed by atoms with Gasteiger partial charge >= 0.3 is 12.1 Å². The Morgan fingerprint density at radius 1 is 1.03 bits per heavy atom. The Kier molecular flexibility index (Phi) is 5.53. The fourth-order valence-electron chi connectivity index (χ4n) is 4.65. The summed E-state index contributed by atoms with van der Waals surface area (Å²) in [7, 11) is 0. The van der Waals surface area contributed by atoms with E-state index in [1.54, 1.807) is 0 Å². The van der Waals surface area contributed by atoms with Crippen molar-refractivity contribution < 1.29 is 24.5 Å². The van der Waals surface area contributed by atoms with Gasteiger partial charge < -0.3 is 20.3 Å². The Morgan fingerprint density at radius 3 is 2.24 bits per heavy atom. The minimum Gasteiger partial charge on any atom is -0.480 e. The maximum atomic E-state index is 12.4. The molecule has 3 N–H and O–H groups in total. The van der Waals surface area contributed by atoms with E-state index >= 15 is 0 Å². The van der Waals surface area contributed by atoms with Crippen LogP contribution in [0, 0.1) is 5.92 Å².